The molecule has 34 heavy (non-hydrogen) atoms. The zero-order chi connectivity index (χ0) is 24.5. The Labute approximate surface area is 194 Å². The minimum atomic E-state index is -4.71. The molecule has 0 unspecified atom stereocenters. The van der Waals surface area contributed by atoms with Gasteiger partial charge >= 0.3 is 12.1 Å². The Morgan fingerprint density at radius 2 is 1.71 bits per heavy atom. The number of para-hydroxylation sites is 1. The molecule has 2 heterocycles. The van der Waals surface area contributed by atoms with Crippen molar-refractivity contribution in [3.05, 3.63) is 66.1 Å². The Bertz CT molecular complexity index is 1150. The standard InChI is InChI=1S/C24H23F3N4O3/c1-15(2)21(32)30-13-18(14-30)22(33)31(19-6-4-3-5-7-19)12-16-8-10-17(11-9-16)20-28-29-23(34-20)24(25,26)27/h3-11,15,18H,12-14H2,1-2H3. The largest absolute Gasteiger partial charge is 0.470 e. The first-order valence-electron chi connectivity index (χ1n) is 10.8. The van der Waals surface area contributed by atoms with E-state index in [0.29, 0.717) is 18.7 Å². The summed E-state index contributed by atoms with van der Waals surface area (Å²) in [5, 5.41) is 6.50. The minimum Gasteiger partial charge on any atom is -0.413 e. The number of anilines is 1. The fourth-order valence-corrected chi connectivity index (χ4v) is 3.69. The Morgan fingerprint density at radius 1 is 1.06 bits per heavy atom. The first-order valence-corrected chi connectivity index (χ1v) is 10.8. The number of rotatable bonds is 6. The van der Waals surface area contributed by atoms with Gasteiger partial charge in [0, 0.05) is 30.3 Å². The summed E-state index contributed by atoms with van der Waals surface area (Å²) in [5.74, 6) is -2.11. The third-order valence-corrected chi connectivity index (χ3v) is 5.58. The Balaban J connectivity index is 1.50. The molecule has 178 valence electrons. The molecular weight excluding hydrogens is 449 g/mol. The highest BCUT2D eigenvalue weighted by atomic mass is 19.4. The lowest BCUT2D eigenvalue weighted by Gasteiger charge is -2.41. The van der Waals surface area contributed by atoms with Gasteiger partial charge in [0.25, 0.3) is 0 Å². The van der Waals surface area contributed by atoms with Crippen LogP contribution in [-0.2, 0) is 22.3 Å². The molecule has 1 fully saturated rings. The first-order chi connectivity index (χ1) is 16.1. The van der Waals surface area contributed by atoms with Gasteiger partial charge in [0.1, 0.15) is 0 Å². The molecule has 0 radical (unpaired) electrons. The molecule has 2 amide bonds. The number of alkyl halides is 3. The fourth-order valence-electron chi connectivity index (χ4n) is 3.69. The number of halogens is 3. The lowest BCUT2D eigenvalue weighted by atomic mass is 9.96. The van der Waals surface area contributed by atoms with Crippen LogP contribution in [0.4, 0.5) is 18.9 Å². The van der Waals surface area contributed by atoms with Crippen LogP contribution in [0, 0.1) is 11.8 Å². The molecule has 1 aliphatic rings. The number of nitrogens with zero attached hydrogens (tertiary/aromatic N) is 4. The van der Waals surface area contributed by atoms with E-state index < -0.39 is 12.1 Å². The Kier molecular flexibility index (Phi) is 6.41. The average Bonchev–Trinajstić information content (AvgIpc) is 3.28. The van der Waals surface area contributed by atoms with E-state index in [9.17, 15) is 22.8 Å². The quantitative estimate of drug-likeness (QED) is 0.531. The maximum Gasteiger partial charge on any atom is 0.470 e. The summed E-state index contributed by atoms with van der Waals surface area (Å²) < 4.78 is 42.9. The van der Waals surface area contributed by atoms with E-state index in [0.717, 1.165) is 11.3 Å². The van der Waals surface area contributed by atoms with Gasteiger partial charge in [-0.25, -0.2) is 0 Å². The van der Waals surface area contributed by atoms with Crippen LogP contribution in [-0.4, -0.2) is 40.0 Å². The zero-order valence-corrected chi connectivity index (χ0v) is 18.6. The van der Waals surface area contributed by atoms with Crippen LogP contribution in [0.3, 0.4) is 0 Å². The highest BCUT2D eigenvalue weighted by molar-refractivity contribution is 5.97. The van der Waals surface area contributed by atoms with Gasteiger partial charge in [0.05, 0.1) is 12.5 Å². The van der Waals surface area contributed by atoms with Crippen molar-refractivity contribution in [3.63, 3.8) is 0 Å². The topological polar surface area (TPSA) is 79.5 Å². The van der Waals surface area contributed by atoms with E-state index in [2.05, 4.69) is 10.2 Å². The van der Waals surface area contributed by atoms with E-state index in [1.807, 2.05) is 44.2 Å². The third kappa shape index (κ3) is 4.95. The van der Waals surface area contributed by atoms with Crippen LogP contribution in [0.1, 0.15) is 25.3 Å². The first kappa shape index (κ1) is 23.5. The van der Waals surface area contributed by atoms with Gasteiger partial charge in [-0.3, -0.25) is 9.59 Å². The number of benzene rings is 2. The Morgan fingerprint density at radius 3 is 2.26 bits per heavy atom. The van der Waals surface area contributed by atoms with Crippen LogP contribution >= 0.6 is 0 Å². The van der Waals surface area contributed by atoms with Crippen LogP contribution in [0.15, 0.2) is 59.0 Å². The van der Waals surface area contributed by atoms with Crippen molar-refractivity contribution in [2.75, 3.05) is 18.0 Å². The normalized spacial score (nSPS) is 14.2. The van der Waals surface area contributed by atoms with Crippen molar-refractivity contribution >= 4 is 17.5 Å². The molecular formula is C24H23F3N4O3. The van der Waals surface area contributed by atoms with E-state index in [4.69, 9.17) is 4.42 Å². The van der Waals surface area contributed by atoms with Gasteiger partial charge in [-0.15, -0.1) is 10.2 Å². The summed E-state index contributed by atoms with van der Waals surface area (Å²) in [6.45, 7) is 4.69. The lowest BCUT2D eigenvalue weighted by molar-refractivity contribution is -0.157. The minimum absolute atomic E-state index is 0.0283. The van der Waals surface area contributed by atoms with Crippen LogP contribution in [0.5, 0.6) is 0 Å². The van der Waals surface area contributed by atoms with Crippen molar-refractivity contribution in [3.8, 4) is 11.5 Å². The second kappa shape index (κ2) is 9.28. The highest BCUT2D eigenvalue weighted by Crippen LogP contribution is 2.31. The average molecular weight is 472 g/mol. The Hall–Kier alpha value is -3.69. The number of carbonyl (C=O) groups excluding carboxylic acids is 2. The molecule has 0 saturated carbocycles. The van der Waals surface area contributed by atoms with Crippen LogP contribution in [0.2, 0.25) is 0 Å². The van der Waals surface area contributed by atoms with Crippen molar-refractivity contribution in [1.82, 2.24) is 15.1 Å². The second-order valence-electron chi connectivity index (χ2n) is 8.46. The summed E-state index contributed by atoms with van der Waals surface area (Å²) in [6.07, 6.45) is -4.71. The molecule has 0 atom stereocenters. The smallest absolute Gasteiger partial charge is 0.413 e. The van der Waals surface area contributed by atoms with Gasteiger partial charge in [-0.1, -0.05) is 44.2 Å². The molecule has 4 rings (SSSR count). The van der Waals surface area contributed by atoms with E-state index in [-0.39, 0.29) is 36.1 Å². The van der Waals surface area contributed by atoms with Gasteiger partial charge in [-0.2, -0.15) is 13.2 Å². The third-order valence-electron chi connectivity index (χ3n) is 5.58. The summed E-state index contributed by atoms with van der Waals surface area (Å²) in [5.41, 5.74) is 1.83. The monoisotopic (exact) mass is 472 g/mol. The molecule has 3 aromatic rings. The van der Waals surface area contributed by atoms with Crippen LogP contribution in [0.25, 0.3) is 11.5 Å². The van der Waals surface area contributed by atoms with E-state index in [1.54, 1.807) is 34.1 Å². The molecule has 7 nitrogen and oxygen atoms in total. The number of aromatic nitrogens is 2. The predicted octanol–water partition coefficient (Wildman–Crippen LogP) is 4.40. The van der Waals surface area contributed by atoms with Gasteiger partial charge < -0.3 is 14.2 Å². The van der Waals surface area contributed by atoms with Crippen LogP contribution < -0.4 is 4.90 Å². The molecule has 0 aliphatic carbocycles. The summed E-state index contributed by atoms with van der Waals surface area (Å²) in [6, 6.07) is 15.7. The fraction of sp³-hybridized carbons (Fsp3) is 0.333. The summed E-state index contributed by atoms with van der Waals surface area (Å²) in [4.78, 5) is 28.8. The summed E-state index contributed by atoms with van der Waals surface area (Å²) >= 11 is 0. The maximum atomic E-state index is 13.3. The van der Waals surface area contributed by atoms with E-state index in [1.165, 1.54) is 0 Å². The number of likely N-dealkylation sites (tertiary alicyclic amines) is 1. The number of hydrogen-bond donors (Lipinski definition) is 0. The molecule has 0 bridgehead atoms. The summed E-state index contributed by atoms with van der Waals surface area (Å²) in [7, 11) is 0. The molecule has 2 aromatic carbocycles. The SMILES string of the molecule is CC(C)C(=O)N1CC(C(=O)N(Cc2ccc(-c3nnc(C(F)(F)F)o3)cc2)c2ccccc2)C1. The number of hydrogen-bond acceptors (Lipinski definition) is 5. The highest BCUT2D eigenvalue weighted by Gasteiger charge is 2.39. The van der Waals surface area contributed by atoms with E-state index >= 15 is 0 Å². The predicted molar refractivity (Wildman–Crippen MR) is 117 cm³/mol. The molecule has 0 N–H and O–H groups in total. The zero-order valence-electron chi connectivity index (χ0n) is 18.6. The number of carbonyl (C=O) groups is 2. The molecule has 0 spiro atoms. The van der Waals surface area contributed by atoms with Gasteiger partial charge in [-0.05, 0) is 29.8 Å². The second-order valence-corrected chi connectivity index (χ2v) is 8.46. The van der Waals surface area contributed by atoms with Gasteiger partial charge in [0.2, 0.25) is 17.7 Å². The van der Waals surface area contributed by atoms with Crippen molar-refractivity contribution < 1.29 is 27.2 Å². The van der Waals surface area contributed by atoms with Crippen molar-refractivity contribution in [2.24, 2.45) is 11.8 Å². The maximum absolute atomic E-state index is 13.3. The van der Waals surface area contributed by atoms with Crippen molar-refractivity contribution in [2.45, 2.75) is 26.6 Å². The molecule has 1 aliphatic heterocycles. The van der Waals surface area contributed by atoms with Gasteiger partial charge in [0.15, 0.2) is 0 Å². The molecule has 1 aromatic heterocycles. The molecule has 10 heteroatoms. The van der Waals surface area contributed by atoms with Crippen molar-refractivity contribution in [1.29, 1.82) is 0 Å². The lowest BCUT2D eigenvalue weighted by Crippen LogP contribution is -2.57. The number of amides is 2. The molecule has 1 saturated heterocycles.